The second-order valence-corrected chi connectivity index (χ2v) is 6.83. The van der Waals surface area contributed by atoms with Crippen molar-refractivity contribution in [1.82, 2.24) is 4.90 Å². The Kier molecular flexibility index (Phi) is 6.90. The molecule has 0 bridgehead atoms. The molecule has 1 amide bonds. The van der Waals surface area contributed by atoms with Gasteiger partial charge in [0.1, 0.15) is 18.0 Å². The number of likely N-dealkylation sites (tertiary alicyclic amines) is 1. The number of halogens is 1. The smallest absolute Gasteiger partial charge is 0.224 e. The molecule has 0 aliphatic carbocycles. The monoisotopic (exact) mass is 355 g/mol. The molecule has 6 heteroatoms. The normalized spacial score (nSPS) is 21.4. The first kappa shape index (κ1) is 19.0. The second-order valence-electron chi connectivity index (χ2n) is 6.42. The van der Waals surface area contributed by atoms with Gasteiger partial charge in [0.05, 0.1) is 18.1 Å². The molecule has 0 aromatic heterocycles. The van der Waals surface area contributed by atoms with Crippen LogP contribution in [0.4, 0.5) is 0 Å². The van der Waals surface area contributed by atoms with E-state index in [1.165, 1.54) is 0 Å². The molecule has 1 heterocycles. The van der Waals surface area contributed by atoms with Gasteiger partial charge in [0, 0.05) is 20.2 Å². The van der Waals surface area contributed by atoms with Crippen LogP contribution in [0.3, 0.4) is 0 Å². The van der Waals surface area contributed by atoms with Gasteiger partial charge in [-0.05, 0) is 43.9 Å². The van der Waals surface area contributed by atoms with Gasteiger partial charge in [-0.25, -0.2) is 0 Å². The van der Waals surface area contributed by atoms with Gasteiger partial charge in [-0.1, -0.05) is 17.7 Å². The lowest BCUT2D eigenvalue weighted by atomic mass is 9.96. The van der Waals surface area contributed by atoms with Crippen LogP contribution < -0.4 is 4.74 Å². The number of hydrogen-bond donors (Lipinski definition) is 1. The van der Waals surface area contributed by atoms with Gasteiger partial charge in [0.25, 0.3) is 0 Å². The molecule has 0 saturated carbocycles. The summed E-state index contributed by atoms with van der Waals surface area (Å²) in [7, 11) is 1.59. The van der Waals surface area contributed by atoms with Crippen molar-refractivity contribution < 1.29 is 19.4 Å². The highest BCUT2D eigenvalue weighted by molar-refractivity contribution is 6.32. The molecule has 1 aromatic carbocycles. The Balaban J connectivity index is 1.91. The fourth-order valence-corrected chi connectivity index (χ4v) is 3.03. The van der Waals surface area contributed by atoms with Crippen LogP contribution >= 0.6 is 11.6 Å². The summed E-state index contributed by atoms with van der Waals surface area (Å²) >= 11 is 6.13. The van der Waals surface area contributed by atoms with E-state index < -0.39 is 5.60 Å². The minimum Gasteiger partial charge on any atom is -0.489 e. The minimum atomic E-state index is -0.941. The van der Waals surface area contributed by atoms with Crippen molar-refractivity contribution in [2.75, 3.05) is 33.4 Å². The number of aliphatic hydroxyl groups is 1. The quantitative estimate of drug-likeness (QED) is 0.852. The van der Waals surface area contributed by atoms with Crippen LogP contribution in [0.5, 0.6) is 5.75 Å². The lowest BCUT2D eigenvalue weighted by Gasteiger charge is -2.27. The molecule has 24 heavy (non-hydrogen) atoms. The minimum absolute atomic E-state index is 0.0729. The third kappa shape index (κ3) is 5.36. The first-order valence-corrected chi connectivity index (χ1v) is 8.69. The summed E-state index contributed by atoms with van der Waals surface area (Å²) in [5, 5.41) is 11.4. The van der Waals surface area contributed by atoms with E-state index in [2.05, 4.69) is 0 Å². The zero-order chi connectivity index (χ0) is 17.6. The average molecular weight is 356 g/mol. The predicted molar refractivity (Wildman–Crippen MR) is 93.6 cm³/mol. The molecular formula is C18H26ClNO4. The Bertz CT molecular complexity index is 566. The number of carbonyl (C=O) groups excluding carboxylic acids is 1. The SMILES string of the molecule is COCCC(=O)N1CCCC(O)(COc2cc(C)ccc2Cl)CC1. The largest absolute Gasteiger partial charge is 0.489 e. The lowest BCUT2D eigenvalue weighted by Crippen LogP contribution is -2.38. The highest BCUT2D eigenvalue weighted by atomic mass is 35.5. The average Bonchev–Trinajstić information content (AvgIpc) is 2.76. The van der Waals surface area contributed by atoms with E-state index in [0.717, 1.165) is 12.0 Å². The Morgan fingerprint density at radius 2 is 2.17 bits per heavy atom. The summed E-state index contributed by atoms with van der Waals surface area (Å²) < 4.78 is 10.7. The van der Waals surface area contributed by atoms with Crippen molar-refractivity contribution in [3.8, 4) is 5.75 Å². The van der Waals surface area contributed by atoms with E-state index in [9.17, 15) is 9.90 Å². The molecule has 0 radical (unpaired) electrons. The van der Waals surface area contributed by atoms with Gasteiger partial charge >= 0.3 is 0 Å². The van der Waals surface area contributed by atoms with E-state index in [4.69, 9.17) is 21.1 Å². The summed E-state index contributed by atoms with van der Waals surface area (Å²) in [6.07, 6.45) is 2.23. The molecule has 1 saturated heterocycles. The van der Waals surface area contributed by atoms with Crippen molar-refractivity contribution in [2.24, 2.45) is 0 Å². The third-order valence-corrected chi connectivity index (χ3v) is 4.69. The summed E-state index contributed by atoms with van der Waals surface area (Å²) in [4.78, 5) is 13.9. The fourth-order valence-electron chi connectivity index (χ4n) is 2.85. The van der Waals surface area contributed by atoms with E-state index in [-0.39, 0.29) is 12.5 Å². The number of amides is 1. The second kappa shape index (κ2) is 8.70. The van der Waals surface area contributed by atoms with Gasteiger partial charge in [-0.3, -0.25) is 4.79 Å². The molecule has 1 fully saturated rings. The number of benzene rings is 1. The van der Waals surface area contributed by atoms with Crippen molar-refractivity contribution in [1.29, 1.82) is 0 Å². The number of methoxy groups -OCH3 is 1. The van der Waals surface area contributed by atoms with Crippen molar-refractivity contribution in [2.45, 2.75) is 38.2 Å². The van der Waals surface area contributed by atoms with Gasteiger partial charge in [-0.15, -0.1) is 0 Å². The maximum Gasteiger partial charge on any atom is 0.224 e. The number of carbonyl (C=O) groups is 1. The van der Waals surface area contributed by atoms with Gasteiger partial charge in [-0.2, -0.15) is 0 Å². The van der Waals surface area contributed by atoms with Gasteiger partial charge in [0.2, 0.25) is 5.91 Å². The lowest BCUT2D eigenvalue weighted by molar-refractivity contribution is -0.132. The van der Waals surface area contributed by atoms with E-state index in [0.29, 0.717) is 49.7 Å². The summed E-state index contributed by atoms with van der Waals surface area (Å²) in [6.45, 7) is 3.76. The molecule has 1 aliphatic rings. The Labute approximate surface area is 148 Å². The zero-order valence-electron chi connectivity index (χ0n) is 14.4. The van der Waals surface area contributed by atoms with E-state index >= 15 is 0 Å². The van der Waals surface area contributed by atoms with Crippen LogP contribution in [-0.2, 0) is 9.53 Å². The van der Waals surface area contributed by atoms with Crippen LogP contribution in [0.15, 0.2) is 18.2 Å². The van der Waals surface area contributed by atoms with Crippen molar-refractivity contribution in [3.63, 3.8) is 0 Å². The molecule has 5 nitrogen and oxygen atoms in total. The Morgan fingerprint density at radius 1 is 1.38 bits per heavy atom. The first-order chi connectivity index (χ1) is 11.4. The number of ether oxygens (including phenoxy) is 2. The van der Waals surface area contributed by atoms with Gasteiger partial charge in [0.15, 0.2) is 0 Å². The molecular weight excluding hydrogens is 330 g/mol. The topological polar surface area (TPSA) is 59.0 Å². The van der Waals surface area contributed by atoms with Gasteiger partial charge < -0.3 is 19.5 Å². The van der Waals surface area contributed by atoms with Crippen LogP contribution in [0.1, 0.15) is 31.2 Å². The molecule has 1 aromatic rings. The van der Waals surface area contributed by atoms with Crippen molar-refractivity contribution in [3.05, 3.63) is 28.8 Å². The Hall–Kier alpha value is -1.30. The molecule has 1 unspecified atom stereocenters. The predicted octanol–water partition coefficient (Wildman–Crippen LogP) is 2.81. The third-order valence-electron chi connectivity index (χ3n) is 4.37. The number of aryl methyl sites for hydroxylation is 1. The van der Waals surface area contributed by atoms with Crippen LogP contribution in [0, 0.1) is 6.92 Å². The maximum absolute atomic E-state index is 12.1. The number of nitrogens with zero attached hydrogens (tertiary/aromatic N) is 1. The van der Waals surface area contributed by atoms with Crippen LogP contribution in [0.25, 0.3) is 0 Å². The van der Waals surface area contributed by atoms with Crippen LogP contribution in [-0.4, -0.2) is 54.9 Å². The van der Waals surface area contributed by atoms with Crippen LogP contribution in [0.2, 0.25) is 5.02 Å². The zero-order valence-corrected chi connectivity index (χ0v) is 15.1. The highest BCUT2D eigenvalue weighted by Crippen LogP contribution is 2.29. The molecule has 1 N–H and O–H groups in total. The molecule has 2 rings (SSSR count). The van der Waals surface area contributed by atoms with Crippen molar-refractivity contribution >= 4 is 17.5 Å². The summed E-state index contributed by atoms with van der Waals surface area (Å²) in [5.74, 6) is 0.658. The molecule has 134 valence electrons. The number of rotatable bonds is 6. The first-order valence-electron chi connectivity index (χ1n) is 8.31. The molecule has 1 atom stereocenters. The highest BCUT2D eigenvalue weighted by Gasteiger charge is 2.32. The van der Waals surface area contributed by atoms with E-state index in [1.54, 1.807) is 18.1 Å². The number of hydrogen-bond acceptors (Lipinski definition) is 4. The molecule has 1 aliphatic heterocycles. The van der Waals surface area contributed by atoms with E-state index in [1.807, 2.05) is 19.1 Å². The summed E-state index contributed by atoms with van der Waals surface area (Å²) in [5.41, 5.74) is 0.112. The summed E-state index contributed by atoms with van der Waals surface area (Å²) in [6, 6.07) is 5.57. The fraction of sp³-hybridized carbons (Fsp3) is 0.611. The standard InChI is InChI=1S/C18H26ClNO4/c1-14-4-5-15(19)16(12-14)24-13-18(22)7-3-9-20(10-8-18)17(21)6-11-23-2/h4-5,12,22H,3,6-11,13H2,1-2H3. The maximum atomic E-state index is 12.1. The Morgan fingerprint density at radius 3 is 2.92 bits per heavy atom. The molecule has 0 spiro atoms.